The molecule has 0 saturated carbocycles. The van der Waals surface area contributed by atoms with Gasteiger partial charge in [-0.25, -0.2) is 9.97 Å². The van der Waals surface area contributed by atoms with Crippen LogP contribution in [0.25, 0.3) is 0 Å². The number of nitrogens with one attached hydrogen (secondary N) is 1. The first kappa shape index (κ1) is 13.3. The number of carbonyl (C=O) groups is 1. The van der Waals surface area contributed by atoms with Gasteiger partial charge in [-0.3, -0.25) is 4.79 Å². The molecule has 0 atom stereocenters. The third-order valence-electron chi connectivity index (χ3n) is 2.47. The molecule has 0 aliphatic heterocycles. The van der Waals surface area contributed by atoms with E-state index in [-0.39, 0.29) is 16.8 Å². The molecule has 1 heterocycles. The number of ether oxygens (including phenoxy) is 1. The summed E-state index contributed by atoms with van der Waals surface area (Å²) >= 11 is 5.60. The lowest BCUT2D eigenvalue weighted by Gasteiger charge is -2.05. The summed E-state index contributed by atoms with van der Waals surface area (Å²) < 4.78 is 5.06. The summed E-state index contributed by atoms with van der Waals surface area (Å²) in [7, 11) is 1.61. The van der Waals surface area contributed by atoms with Crippen LogP contribution in [0.3, 0.4) is 0 Å². The molecule has 98 valence electrons. The van der Waals surface area contributed by atoms with Crippen molar-refractivity contribution in [2.45, 2.75) is 6.54 Å². The molecule has 0 spiro atoms. The minimum absolute atomic E-state index is 0.234. The van der Waals surface area contributed by atoms with Gasteiger partial charge in [0.1, 0.15) is 16.6 Å². The second kappa shape index (κ2) is 6.15. The second-order valence-electron chi connectivity index (χ2n) is 3.76. The summed E-state index contributed by atoms with van der Waals surface area (Å²) in [6.07, 6.45) is 2.68. The van der Waals surface area contributed by atoms with Crippen LogP contribution in [0.2, 0.25) is 5.15 Å². The zero-order valence-electron chi connectivity index (χ0n) is 10.3. The highest BCUT2D eigenvalue weighted by molar-refractivity contribution is 6.29. The molecule has 0 aliphatic rings. The lowest BCUT2D eigenvalue weighted by molar-refractivity contribution is 0.0945. The van der Waals surface area contributed by atoms with Crippen LogP contribution in [0.4, 0.5) is 0 Å². The monoisotopic (exact) mass is 277 g/mol. The number of nitrogens with zero attached hydrogens (tertiary/aromatic N) is 2. The molecule has 6 heteroatoms. The Morgan fingerprint density at radius 1 is 1.26 bits per heavy atom. The molecule has 0 aliphatic carbocycles. The number of methoxy groups -OCH3 is 1. The van der Waals surface area contributed by atoms with Crippen molar-refractivity contribution in [1.82, 2.24) is 15.3 Å². The summed E-state index contributed by atoms with van der Waals surface area (Å²) in [5, 5.41) is 3.00. The molecule has 0 unspecified atom stereocenters. The Kier molecular flexibility index (Phi) is 4.30. The van der Waals surface area contributed by atoms with Gasteiger partial charge < -0.3 is 10.1 Å². The number of hydrogen-bond donors (Lipinski definition) is 1. The van der Waals surface area contributed by atoms with Crippen molar-refractivity contribution in [2.24, 2.45) is 0 Å². The van der Waals surface area contributed by atoms with E-state index in [4.69, 9.17) is 16.3 Å². The van der Waals surface area contributed by atoms with Crippen molar-refractivity contribution in [3.8, 4) is 5.75 Å². The van der Waals surface area contributed by atoms with Crippen LogP contribution in [-0.4, -0.2) is 23.0 Å². The lowest BCUT2D eigenvalue weighted by Crippen LogP contribution is -2.23. The van der Waals surface area contributed by atoms with Crippen molar-refractivity contribution in [2.75, 3.05) is 7.11 Å². The third-order valence-corrected chi connectivity index (χ3v) is 2.66. The van der Waals surface area contributed by atoms with Gasteiger partial charge in [-0.2, -0.15) is 0 Å². The molecule has 19 heavy (non-hydrogen) atoms. The summed E-state index contributed by atoms with van der Waals surface area (Å²) in [6, 6.07) is 7.44. The number of carbonyl (C=O) groups excluding carboxylic acids is 1. The van der Waals surface area contributed by atoms with Gasteiger partial charge in [-0.15, -0.1) is 0 Å². The maximum Gasteiger partial charge on any atom is 0.271 e. The molecule has 0 fully saturated rings. The van der Waals surface area contributed by atoms with Crippen LogP contribution in [0.1, 0.15) is 16.1 Å². The van der Waals surface area contributed by atoms with Gasteiger partial charge in [0.2, 0.25) is 0 Å². The molecule has 5 nitrogen and oxygen atoms in total. The topological polar surface area (TPSA) is 64.1 Å². The van der Waals surface area contributed by atoms with E-state index >= 15 is 0 Å². The van der Waals surface area contributed by atoms with Gasteiger partial charge in [0, 0.05) is 6.54 Å². The average Bonchev–Trinajstić information content (AvgIpc) is 2.46. The Hall–Kier alpha value is -2.14. The number of hydrogen-bond acceptors (Lipinski definition) is 4. The van der Waals surface area contributed by atoms with Crippen LogP contribution in [0.15, 0.2) is 36.7 Å². The predicted octanol–water partition coefficient (Wildman–Crippen LogP) is 2.07. The highest BCUT2D eigenvalue weighted by Gasteiger charge is 2.07. The fraction of sp³-hybridized carbons (Fsp3) is 0.154. The molecule has 0 bridgehead atoms. The quantitative estimate of drug-likeness (QED) is 0.929. The predicted molar refractivity (Wildman–Crippen MR) is 71.2 cm³/mol. The summed E-state index contributed by atoms with van der Waals surface area (Å²) in [4.78, 5) is 19.5. The molecular formula is C13H12ClN3O2. The maximum absolute atomic E-state index is 11.8. The van der Waals surface area contributed by atoms with Gasteiger partial charge in [-0.1, -0.05) is 23.7 Å². The molecular weight excluding hydrogens is 266 g/mol. The number of aromatic nitrogens is 2. The van der Waals surface area contributed by atoms with Crippen molar-refractivity contribution in [1.29, 1.82) is 0 Å². The minimum atomic E-state index is -0.292. The average molecular weight is 278 g/mol. The van der Waals surface area contributed by atoms with E-state index in [1.807, 2.05) is 24.3 Å². The lowest BCUT2D eigenvalue weighted by atomic mass is 10.2. The van der Waals surface area contributed by atoms with E-state index < -0.39 is 0 Å². The number of rotatable bonds is 4. The van der Waals surface area contributed by atoms with Crippen LogP contribution in [0.5, 0.6) is 5.75 Å². The molecule has 2 rings (SSSR count). The standard InChI is InChI=1S/C13H12ClN3O2/c1-19-10-4-2-9(3-5-10)6-17-13(18)11-7-16-12(14)8-15-11/h2-5,7-8H,6H2,1H3,(H,17,18). The molecule has 0 radical (unpaired) electrons. The Labute approximate surface area is 115 Å². The number of amides is 1. The number of halogens is 1. The van der Waals surface area contributed by atoms with Gasteiger partial charge in [0.25, 0.3) is 5.91 Å². The fourth-order valence-corrected chi connectivity index (χ4v) is 1.54. The van der Waals surface area contributed by atoms with E-state index in [1.54, 1.807) is 7.11 Å². The molecule has 1 aromatic heterocycles. The molecule has 2 aromatic rings. The van der Waals surface area contributed by atoms with E-state index in [9.17, 15) is 4.79 Å². The van der Waals surface area contributed by atoms with Gasteiger partial charge >= 0.3 is 0 Å². The summed E-state index contributed by atoms with van der Waals surface area (Å²) in [5.41, 5.74) is 1.20. The van der Waals surface area contributed by atoms with E-state index in [0.29, 0.717) is 6.54 Å². The van der Waals surface area contributed by atoms with Gasteiger partial charge in [0.15, 0.2) is 0 Å². The minimum Gasteiger partial charge on any atom is -0.497 e. The zero-order chi connectivity index (χ0) is 13.7. The summed E-state index contributed by atoms with van der Waals surface area (Å²) in [5.74, 6) is 0.485. The SMILES string of the molecule is COc1ccc(CNC(=O)c2cnc(Cl)cn2)cc1. The first-order valence-electron chi connectivity index (χ1n) is 5.57. The zero-order valence-corrected chi connectivity index (χ0v) is 11.0. The molecule has 1 amide bonds. The first-order chi connectivity index (χ1) is 9.19. The van der Waals surface area contributed by atoms with E-state index in [1.165, 1.54) is 12.4 Å². The molecule has 0 saturated heterocycles. The Morgan fingerprint density at radius 3 is 2.58 bits per heavy atom. The fourth-order valence-electron chi connectivity index (χ4n) is 1.45. The second-order valence-corrected chi connectivity index (χ2v) is 4.14. The van der Waals surface area contributed by atoms with Gasteiger partial charge in [-0.05, 0) is 17.7 Å². The van der Waals surface area contributed by atoms with Crippen molar-refractivity contribution < 1.29 is 9.53 Å². The van der Waals surface area contributed by atoms with Crippen LogP contribution in [-0.2, 0) is 6.54 Å². The number of benzene rings is 1. The van der Waals surface area contributed by atoms with E-state index in [2.05, 4.69) is 15.3 Å². The largest absolute Gasteiger partial charge is 0.497 e. The Bertz CT molecular complexity index is 555. The summed E-state index contributed by atoms with van der Waals surface area (Å²) in [6.45, 7) is 0.410. The smallest absolute Gasteiger partial charge is 0.271 e. The van der Waals surface area contributed by atoms with Crippen molar-refractivity contribution in [3.63, 3.8) is 0 Å². The van der Waals surface area contributed by atoms with Crippen molar-refractivity contribution in [3.05, 3.63) is 53.1 Å². The van der Waals surface area contributed by atoms with E-state index in [0.717, 1.165) is 11.3 Å². The van der Waals surface area contributed by atoms with Crippen LogP contribution in [0, 0.1) is 0 Å². The molecule has 1 aromatic carbocycles. The highest BCUT2D eigenvalue weighted by Crippen LogP contribution is 2.11. The maximum atomic E-state index is 11.8. The Morgan fingerprint density at radius 2 is 2.00 bits per heavy atom. The Balaban J connectivity index is 1.94. The highest BCUT2D eigenvalue weighted by atomic mass is 35.5. The first-order valence-corrected chi connectivity index (χ1v) is 5.95. The van der Waals surface area contributed by atoms with Crippen LogP contribution >= 0.6 is 11.6 Å². The molecule has 1 N–H and O–H groups in total. The van der Waals surface area contributed by atoms with Crippen LogP contribution < -0.4 is 10.1 Å². The third kappa shape index (κ3) is 3.66. The van der Waals surface area contributed by atoms with Crippen molar-refractivity contribution >= 4 is 17.5 Å². The van der Waals surface area contributed by atoms with Gasteiger partial charge in [0.05, 0.1) is 19.5 Å². The normalized spacial score (nSPS) is 10.0.